The Morgan fingerprint density at radius 1 is 1.29 bits per heavy atom. The van der Waals surface area contributed by atoms with Gasteiger partial charge >= 0.3 is 6.03 Å². The fourth-order valence-electron chi connectivity index (χ4n) is 4.22. The van der Waals surface area contributed by atoms with Gasteiger partial charge in [-0.15, -0.1) is 0 Å². The predicted octanol–water partition coefficient (Wildman–Crippen LogP) is 2.93. The number of piperidine rings is 1. The predicted molar refractivity (Wildman–Crippen MR) is 125 cm³/mol. The number of aryl methyl sites for hydroxylation is 1. The Morgan fingerprint density at radius 2 is 2.03 bits per heavy atom. The topological polar surface area (TPSA) is 110 Å². The normalized spacial score (nSPS) is 20.5. The van der Waals surface area contributed by atoms with Crippen LogP contribution in [-0.4, -0.2) is 60.6 Å². The van der Waals surface area contributed by atoms with Gasteiger partial charge < -0.3 is 26.0 Å². The molecule has 8 nitrogen and oxygen atoms in total. The number of pyridine rings is 1. The van der Waals surface area contributed by atoms with Crippen molar-refractivity contribution in [3.05, 3.63) is 17.8 Å². The molecule has 0 radical (unpaired) electrons. The zero-order chi connectivity index (χ0) is 22.4. The summed E-state index contributed by atoms with van der Waals surface area (Å²) in [7, 11) is 0. The van der Waals surface area contributed by atoms with Gasteiger partial charge in [-0.05, 0) is 56.6 Å². The number of rotatable bonds is 7. The second-order valence-electron chi connectivity index (χ2n) is 9.20. The molecule has 2 aliphatic heterocycles. The Hall–Kier alpha value is -2.35. The number of carbonyl (C=O) groups is 1. The molecule has 0 saturated carbocycles. The van der Waals surface area contributed by atoms with Crippen LogP contribution >= 0.6 is 0 Å². The standard InChI is InChI=1S/C23H38N6O2/c1-16(2)21(25)27-23(30)28-9-6-18(7-10-28)5-4-12-31-20-13-17(3)22(26-14-20)29-11-8-19(24)15-29/h13-14,16,18-19H,4-12,15,24H2,1-3H3,(H2,25,27,30). The number of aromatic nitrogens is 1. The van der Waals surface area contributed by atoms with E-state index in [1.165, 1.54) is 0 Å². The maximum atomic E-state index is 12.2. The highest BCUT2D eigenvalue weighted by molar-refractivity contribution is 5.93. The van der Waals surface area contributed by atoms with E-state index in [0.717, 1.165) is 75.4 Å². The van der Waals surface area contributed by atoms with Crippen LogP contribution in [0.15, 0.2) is 17.3 Å². The van der Waals surface area contributed by atoms with E-state index < -0.39 is 0 Å². The van der Waals surface area contributed by atoms with Crippen molar-refractivity contribution in [3.8, 4) is 5.75 Å². The lowest BCUT2D eigenvalue weighted by Crippen LogP contribution is -2.38. The summed E-state index contributed by atoms with van der Waals surface area (Å²) in [5.74, 6) is 2.97. The summed E-state index contributed by atoms with van der Waals surface area (Å²) in [6, 6.07) is 2.11. The highest BCUT2D eigenvalue weighted by atomic mass is 16.5. The van der Waals surface area contributed by atoms with Crippen LogP contribution in [0.4, 0.5) is 10.6 Å². The molecule has 1 atom stereocenters. The fraction of sp³-hybridized carbons (Fsp3) is 0.696. The first kappa shape index (κ1) is 23.3. The zero-order valence-electron chi connectivity index (χ0n) is 19.2. The van der Waals surface area contributed by atoms with Crippen LogP contribution in [0.25, 0.3) is 0 Å². The van der Waals surface area contributed by atoms with Crippen molar-refractivity contribution >= 4 is 17.7 Å². The minimum Gasteiger partial charge on any atom is -0.492 e. The number of nitrogens with two attached hydrogens (primary N) is 2. The summed E-state index contributed by atoms with van der Waals surface area (Å²) < 4.78 is 5.94. The van der Waals surface area contributed by atoms with E-state index in [9.17, 15) is 4.79 Å². The number of amides is 2. The molecule has 1 aromatic heterocycles. The van der Waals surface area contributed by atoms with Crippen LogP contribution in [0.2, 0.25) is 0 Å². The molecule has 4 N–H and O–H groups in total. The molecule has 8 heteroatoms. The van der Waals surface area contributed by atoms with Crippen molar-refractivity contribution < 1.29 is 9.53 Å². The minimum absolute atomic E-state index is 0.0928. The smallest absolute Gasteiger partial charge is 0.345 e. The second kappa shape index (κ2) is 10.8. The van der Waals surface area contributed by atoms with Gasteiger partial charge in [-0.2, -0.15) is 4.99 Å². The lowest BCUT2D eigenvalue weighted by Gasteiger charge is -2.30. The van der Waals surface area contributed by atoms with Crippen molar-refractivity contribution in [2.24, 2.45) is 28.3 Å². The van der Waals surface area contributed by atoms with Gasteiger partial charge in [0.15, 0.2) is 0 Å². The zero-order valence-corrected chi connectivity index (χ0v) is 19.2. The molecule has 2 saturated heterocycles. The molecule has 3 heterocycles. The number of nitrogens with zero attached hydrogens (tertiary/aromatic N) is 4. The van der Waals surface area contributed by atoms with E-state index in [0.29, 0.717) is 18.4 Å². The van der Waals surface area contributed by atoms with E-state index in [2.05, 4.69) is 27.9 Å². The Balaban J connectivity index is 1.36. The van der Waals surface area contributed by atoms with Gasteiger partial charge in [-0.25, -0.2) is 9.78 Å². The Kier molecular flexibility index (Phi) is 8.12. The highest BCUT2D eigenvalue weighted by Crippen LogP contribution is 2.26. The van der Waals surface area contributed by atoms with Crippen LogP contribution in [0, 0.1) is 18.8 Å². The number of anilines is 1. The molecule has 0 spiro atoms. The molecule has 0 bridgehead atoms. The molecule has 1 unspecified atom stereocenters. The number of urea groups is 1. The molecule has 1 aromatic rings. The van der Waals surface area contributed by atoms with Crippen molar-refractivity contribution in [3.63, 3.8) is 0 Å². The third-order valence-electron chi connectivity index (χ3n) is 6.28. The molecule has 2 amide bonds. The largest absolute Gasteiger partial charge is 0.492 e. The average molecular weight is 431 g/mol. The Labute approximate surface area is 186 Å². The number of aliphatic imine (C=N–C) groups is 1. The van der Waals surface area contributed by atoms with Gasteiger partial charge in [-0.3, -0.25) is 0 Å². The fourth-order valence-corrected chi connectivity index (χ4v) is 4.22. The average Bonchev–Trinajstić information content (AvgIpc) is 3.17. The minimum atomic E-state index is -0.199. The maximum Gasteiger partial charge on any atom is 0.345 e. The van der Waals surface area contributed by atoms with Crippen molar-refractivity contribution in [1.29, 1.82) is 0 Å². The number of likely N-dealkylation sites (tertiary alicyclic amines) is 1. The summed E-state index contributed by atoms with van der Waals surface area (Å²) in [6.07, 6.45) is 6.96. The van der Waals surface area contributed by atoms with Gasteiger partial charge in [-0.1, -0.05) is 13.8 Å². The van der Waals surface area contributed by atoms with Gasteiger partial charge in [0.05, 0.1) is 12.8 Å². The van der Waals surface area contributed by atoms with Gasteiger partial charge in [0.1, 0.15) is 17.4 Å². The molecule has 0 aromatic carbocycles. The first-order chi connectivity index (χ1) is 14.8. The van der Waals surface area contributed by atoms with Crippen molar-refractivity contribution in [1.82, 2.24) is 9.88 Å². The number of ether oxygens (including phenoxy) is 1. The molecule has 31 heavy (non-hydrogen) atoms. The second-order valence-corrected chi connectivity index (χ2v) is 9.20. The number of hydrogen-bond acceptors (Lipinski definition) is 5. The van der Waals surface area contributed by atoms with Crippen LogP contribution in [0.1, 0.15) is 51.5 Å². The van der Waals surface area contributed by atoms with Crippen LogP contribution in [0.3, 0.4) is 0 Å². The lowest BCUT2D eigenvalue weighted by molar-refractivity contribution is 0.173. The van der Waals surface area contributed by atoms with E-state index in [-0.39, 0.29) is 18.0 Å². The monoisotopic (exact) mass is 430 g/mol. The Bertz CT molecular complexity index is 773. The summed E-state index contributed by atoms with van der Waals surface area (Å²) in [4.78, 5) is 24.9. The van der Waals surface area contributed by atoms with Crippen LogP contribution < -0.4 is 21.1 Å². The number of carbonyl (C=O) groups excluding carboxylic acids is 1. The van der Waals surface area contributed by atoms with E-state index in [1.807, 2.05) is 24.9 Å². The van der Waals surface area contributed by atoms with E-state index in [1.54, 1.807) is 0 Å². The maximum absolute atomic E-state index is 12.2. The third-order valence-corrected chi connectivity index (χ3v) is 6.28. The first-order valence-corrected chi connectivity index (χ1v) is 11.6. The lowest BCUT2D eigenvalue weighted by atomic mass is 9.92. The van der Waals surface area contributed by atoms with E-state index >= 15 is 0 Å². The molecule has 3 rings (SSSR count). The highest BCUT2D eigenvalue weighted by Gasteiger charge is 2.23. The quantitative estimate of drug-likeness (QED) is 0.391. The number of amidine groups is 1. The van der Waals surface area contributed by atoms with Crippen molar-refractivity contribution in [2.75, 3.05) is 37.7 Å². The van der Waals surface area contributed by atoms with E-state index in [4.69, 9.17) is 16.2 Å². The van der Waals surface area contributed by atoms with Gasteiger partial charge in [0, 0.05) is 38.1 Å². The van der Waals surface area contributed by atoms with Crippen LogP contribution in [-0.2, 0) is 0 Å². The van der Waals surface area contributed by atoms with Gasteiger partial charge in [0.2, 0.25) is 0 Å². The summed E-state index contributed by atoms with van der Waals surface area (Å²) >= 11 is 0. The molecule has 2 aliphatic rings. The molecule has 0 aliphatic carbocycles. The molecular formula is C23H38N6O2. The summed E-state index contributed by atoms with van der Waals surface area (Å²) in [5, 5.41) is 0. The first-order valence-electron chi connectivity index (χ1n) is 11.6. The Morgan fingerprint density at radius 3 is 2.65 bits per heavy atom. The van der Waals surface area contributed by atoms with Crippen molar-refractivity contribution in [2.45, 2.75) is 58.9 Å². The van der Waals surface area contributed by atoms with Gasteiger partial charge in [0.25, 0.3) is 0 Å². The molecule has 2 fully saturated rings. The SMILES string of the molecule is Cc1cc(OCCCC2CCN(C(=O)/N=C(\N)C(C)C)CC2)cnc1N1CCC(N)C1. The summed E-state index contributed by atoms with van der Waals surface area (Å²) in [5.41, 5.74) is 13.0. The molecular weight excluding hydrogens is 392 g/mol. The summed E-state index contributed by atoms with van der Waals surface area (Å²) in [6.45, 7) is 9.99. The molecule has 172 valence electrons. The third kappa shape index (κ3) is 6.56. The van der Waals surface area contributed by atoms with Crippen LogP contribution in [0.5, 0.6) is 5.75 Å². The number of hydrogen-bond donors (Lipinski definition) is 2.